The van der Waals surface area contributed by atoms with Crippen LogP contribution < -0.4 is 15.3 Å². The summed E-state index contributed by atoms with van der Waals surface area (Å²) in [6, 6.07) is 17.1. The first-order valence-corrected chi connectivity index (χ1v) is 16.0. The van der Waals surface area contributed by atoms with Gasteiger partial charge < -0.3 is 39.1 Å². The van der Waals surface area contributed by atoms with Gasteiger partial charge in [0.2, 0.25) is 0 Å². The minimum atomic E-state index is -1.45. The maximum atomic E-state index is 12.1. The second-order valence-corrected chi connectivity index (χ2v) is 13.5. The largest absolute Gasteiger partial charge is 0.488 e. The number of carbonyl (C=O) groups excluding carboxylic acids is 2. The van der Waals surface area contributed by atoms with Crippen LogP contribution in [0.4, 0.5) is 21.0 Å². The van der Waals surface area contributed by atoms with E-state index >= 15 is 0 Å². The zero-order valence-electron chi connectivity index (χ0n) is 28.3. The molecule has 2 aliphatic heterocycles. The Labute approximate surface area is 278 Å². The summed E-state index contributed by atoms with van der Waals surface area (Å²) >= 11 is 0. The lowest BCUT2D eigenvalue weighted by atomic mass is 9.80. The third-order valence-electron chi connectivity index (χ3n) is 7.48. The molecule has 2 aromatic carbocycles. The van der Waals surface area contributed by atoms with E-state index in [0.717, 1.165) is 48.9 Å². The second-order valence-electron chi connectivity index (χ2n) is 13.5. The van der Waals surface area contributed by atoms with E-state index in [2.05, 4.69) is 31.9 Å². The lowest BCUT2D eigenvalue weighted by molar-refractivity contribution is 0.0230. The van der Waals surface area contributed by atoms with Gasteiger partial charge in [0.1, 0.15) is 11.2 Å². The van der Waals surface area contributed by atoms with Crippen molar-refractivity contribution in [2.75, 3.05) is 62.2 Å². The molecule has 252 valence electrons. The van der Waals surface area contributed by atoms with Crippen molar-refractivity contribution in [1.29, 1.82) is 0 Å². The summed E-state index contributed by atoms with van der Waals surface area (Å²) in [7, 11) is -1.45. The molecule has 0 atom stereocenters. The predicted molar refractivity (Wildman–Crippen MR) is 184 cm³/mol. The molecule has 2 saturated heterocycles. The Balaban J connectivity index is 0.000000215. The molecule has 2 N–H and O–H groups in total. The molecular formula is C34H47BN6O6. The van der Waals surface area contributed by atoms with Crippen LogP contribution in [0.2, 0.25) is 0 Å². The summed E-state index contributed by atoms with van der Waals surface area (Å²) < 4.78 is 10.8. The Morgan fingerprint density at radius 1 is 0.638 bits per heavy atom. The number of aromatic nitrogens is 2. The van der Waals surface area contributed by atoms with Crippen LogP contribution in [0.3, 0.4) is 0 Å². The number of ether oxygens (including phenoxy) is 2. The van der Waals surface area contributed by atoms with Gasteiger partial charge >= 0.3 is 19.3 Å². The van der Waals surface area contributed by atoms with Gasteiger partial charge in [0.15, 0.2) is 5.82 Å². The smallest absolute Gasteiger partial charge is 0.444 e. The van der Waals surface area contributed by atoms with Gasteiger partial charge in [-0.05, 0) is 89.5 Å². The van der Waals surface area contributed by atoms with Crippen LogP contribution in [0.15, 0.2) is 67.0 Å². The molecule has 0 saturated carbocycles. The maximum Gasteiger partial charge on any atom is 0.488 e. The summed E-state index contributed by atoms with van der Waals surface area (Å²) in [5.74, 6) is 0.726. The van der Waals surface area contributed by atoms with E-state index in [9.17, 15) is 9.59 Å². The van der Waals surface area contributed by atoms with Gasteiger partial charge in [0, 0.05) is 81.7 Å². The highest BCUT2D eigenvalue weighted by Crippen LogP contribution is 2.22. The molecule has 2 amide bonds. The average Bonchev–Trinajstić information content (AvgIpc) is 3.04. The number of piperazine rings is 2. The summed E-state index contributed by atoms with van der Waals surface area (Å²) in [4.78, 5) is 40.6. The third kappa shape index (κ3) is 10.9. The molecule has 0 aliphatic carbocycles. The summed E-state index contributed by atoms with van der Waals surface area (Å²) in [6.45, 7) is 16.8. The maximum absolute atomic E-state index is 12.1. The molecule has 3 aromatic rings. The zero-order chi connectivity index (χ0) is 34.2. The highest BCUT2D eigenvalue weighted by molar-refractivity contribution is 6.58. The first-order chi connectivity index (χ1) is 22.2. The molecule has 0 spiro atoms. The Morgan fingerprint density at radius 2 is 1.02 bits per heavy atom. The van der Waals surface area contributed by atoms with Crippen molar-refractivity contribution in [3.05, 3.63) is 67.0 Å². The topological polar surface area (TPSA) is 132 Å². The molecule has 0 bridgehead atoms. The Bertz CT molecular complexity index is 1430. The normalized spacial score (nSPS) is 15.4. The Morgan fingerprint density at radius 3 is 1.38 bits per heavy atom. The van der Waals surface area contributed by atoms with E-state index in [-0.39, 0.29) is 12.2 Å². The number of hydrogen-bond donors (Lipinski definition) is 2. The van der Waals surface area contributed by atoms with Gasteiger partial charge in [0.25, 0.3) is 0 Å². The number of nitrogens with zero attached hydrogens (tertiary/aromatic N) is 6. The molecule has 1 aromatic heterocycles. The lowest BCUT2D eigenvalue weighted by Gasteiger charge is -2.36. The second kappa shape index (κ2) is 15.5. The van der Waals surface area contributed by atoms with Crippen LogP contribution in [-0.2, 0) is 9.47 Å². The molecule has 2 fully saturated rings. The van der Waals surface area contributed by atoms with Crippen LogP contribution >= 0.6 is 0 Å². The van der Waals surface area contributed by atoms with E-state index < -0.39 is 18.3 Å². The van der Waals surface area contributed by atoms with Gasteiger partial charge in [-0.1, -0.05) is 12.1 Å². The summed E-state index contributed by atoms with van der Waals surface area (Å²) in [5.41, 5.74) is 2.68. The molecule has 0 radical (unpaired) electrons. The van der Waals surface area contributed by atoms with Crippen molar-refractivity contribution in [1.82, 2.24) is 19.8 Å². The number of hydrogen-bond acceptors (Lipinski definition) is 10. The van der Waals surface area contributed by atoms with Crippen molar-refractivity contribution < 1.29 is 29.1 Å². The SMILES string of the molecule is CC(C)(C)OC(=O)N1CCN(c2ccc(-c3ncccn3)cc2)CC1.CC(C)(C)OC(=O)N1CCN(c2ccc(B(O)O)cc2)CC1. The third-order valence-corrected chi connectivity index (χ3v) is 7.48. The molecule has 0 unspecified atom stereocenters. The molecule has 13 heteroatoms. The van der Waals surface area contributed by atoms with E-state index in [4.69, 9.17) is 19.5 Å². The van der Waals surface area contributed by atoms with Gasteiger partial charge in [-0.15, -0.1) is 0 Å². The fourth-order valence-electron chi connectivity index (χ4n) is 5.07. The Kier molecular flexibility index (Phi) is 11.7. The van der Waals surface area contributed by atoms with E-state index in [1.165, 1.54) is 0 Å². The molecule has 3 heterocycles. The average molecular weight is 647 g/mol. The van der Waals surface area contributed by atoms with E-state index in [0.29, 0.717) is 31.6 Å². The van der Waals surface area contributed by atoms with Gasteiger partial charge in [0.05, 0.1) is 0 Å². The highest BCUT2D eigenvalue weighted by atomic mass is 16.6. The van der Waals surface area contributed by atoms with Crippen LogP contribution in [0.25, 0.3) is 11.4 Å². The summed E-state index contributed by atoms with van der Waals surface area (Å²) in [5, 5.41) is 18.2. The number of carbonyl (C=O) groups is 2. The van der Waals surface area contributed by atoms with Crippen molar-refractivity contribution in [3.63, 3.8) is 0 Å². The first kappa shape index (κ1) is 35.5. The van der Waals surface area contributed by atoms with Gasteiger partial charge in [-0.25, -0.2) is 19.6 Å². The van der Waals surface area contributed by atoms with Gasteiger partial charge in [-0.2, -0.15) is 0 Å². The van der Waals surface area contributed by atoms with Crippen molar-refractivity contribution in [2.45, 2.75) is 52.7 Å². The van der Waals surface area contributed by atoms with Crippen molar-refractivity contribution in [3.8, 4) is 11.4 Å². The van der Waals surface area contributed by atoms with Crippen molar-refractivity contribution >= 4 is 36.1 Å². The van der Waals surface area contributed by atoms with Crippen LogP contribution in [0, 0.1) is 0 Å². The fraction of sp³-hybridized carbons (Fsp3) is 0.471. The highest BCUT2D eigenvalue weighted by Gasteiger charge is 2.27. The number of anilines is 2. The Hall–Kier alpha value is -4.36. The molecular weight excluding hydrogens is 599 g/mol. The lowest BCUT2D eigenvalue weighted by Crippen LogP contribution is -2.50. The fourth-order valence-corrected chi connectivity index (χ4v) is 5.07. The summed E-state index contributed by atoms with van der Waals surface area (Å²) in [6.07, 6.45) is 2.98. The minimum Gasteiger partial charge on any atom is -0.444 e. The number of amides is 2. The standard InChI is InChI=1S/C19H24N4O2.C15H23BN2O4/c1-19(2,3)25-18(24)23-13-11-22(12-14-23)16-7-5-15(6-8-16)17-20-9-4-10-21-17;1-15(2,3)22-14(19)18-10-8-17(9-11-18)13-6-4-12(5-7-13)16(20)21/h4-10H,11-14H2,1-3H3;4-7,20-21H,8-11H2,1-3H3. The first-order valence-electron chi connectivity index (χ1n) is 16.0. The number of rotatable bonds is 4. The quantitative estimate of drug-likeness (QED) is 0.406. The van der Waals surface area contributed by atoms with Crippen LogP contribution in [0.1, 0.15) is 41.5 Å². The molecule has 12 nitrogen and oxygen atoms in total. The molecule has 5 rings (SSSR count). The monoisotopic (exact) mass is 646 g/mol. The molecule has 47 heavy (non-hydrogen) atoms. The van der Waals surface area contributed by atoms with E-state index in [1.54, 1.807) is 34.3 Å². The predicted octanol–water partition coefficient (Wildman–Crippen LogP) is 3.62. The number of benzene rings is 2. The molecule has 2 aliphatic rings. The van der Waals surface area contributed by atoms with Crippen molar-refractivity contribution in [2.24, 2.45) is 0 Å². The minimum absolute atomic E-state index is 0.233. The van der Waals surface area contributed by atoms with Gasteiger partial charge in [-0.3, -0.25) is 0 Å². The van der Waals surface area contributed by atoms with E-state index in [1.807, 2.05) is 71.9 Å². The zero-order valence-corrected chi connectivity index (χ0v) is 28.3. The van der Waals surface area contributed by atoms with Crippen LogP contribution in [-0.4, -0.2) is 113 Å². The van der Waals surface area contributed by atoms with Crippen LogP contribution in [0.5, 0.6) is 0 Å².